The Kier molecular flexibility index (Phi) is 11.1. The largest absolute Gasteiger partial charge is 0.385 e. The number of nitriles is 1. The average Bonchev–Trinajstić information content (AvgIpc) is 3.12. The number of aliphatic imine (C=N–C) groups is 1. The molecule has 0 unspecified atom stereocenters. The number of para-hydroxylation sites is 1. The minimum absolute atomic E-state index is 0.377. The van der Waals surface area contributed by atoms with E-state index >= 15 is 0 Å². The summed E-state index contributed by atoms with van der Waals surface area (Å²) in [6.45, 7) is 7.00. The van der Waals surface area contributed by atoms with Crippen LogP contribution in [-0.4, -0.2) is 74.1 Å². The lowest BCUT2D eigenvalue weighted by Gasteiger charge is -2.18. The van der Waals surface area contributed by atoms with Crippen LogP contribution in [0.5, 0.6) is 0 Å². The third-order valence-corrected chi connectivity index (χ3v) is 4.97. The molecule has 0 saturated carbocycles. The summed E-state index contributed by atoms with van der Waals surface area (Å²) in [5, 5.41) is 20.8. The van der Waals surface area contributed by atoms with Crippen LogP contribution in [-0.2, 0) is 11.2 Å². The Labute approximate surface area is 191 Å². The van der Waals surface area contributed by atoms with Crippen molar-refractivity contribution >= 4 is 11.8 Å². The molecule has 2 rings (SSSR count). The van der Waals surface area contributed by atoms with Crippen LogP contribution in [0, 0.1) is 11.3 Å². The minimum Gasteiger partial charge on any atom is -0.385 e. The van der Waals surface area contributed by atoms with Gasteiger partial charge in [-0.25, -0.2) is 4.68 Å². The smallest absolute Gasteiger partial charge is 0.191 e. The molecule has 2 aromatic rings. The van der Waals surface area contributed by atoms with Crippen molar-refractivity contribution in [3.63, 3.8) is 0 Å². The standard InChI is InChI=1S/C23H36N8O/c1-4-26-23(28-14-16-30(2)15-9-17-32-3)27-13-8-12-21-20(18-24)22(25)31(29-21)19-10-6-5-7-11-19/h5-7,10-11H,4,8-9,12-17,25H2,1-3H3,(H2,26,27,28). The van der Waals surface area contributed by atoms with E-state index in [1.54, 1.807) is 11.8 Å². The molecule has 1 heterocycles. The summed E-state index contributed by atoms with van der Waals surface area (Å²) < 4.78 is 6.73. The van der Waals surface area contributed by atoms with Gasteiger partial charge in [0.25, 0.3) is 0 Å². The summed E-state index contributed by atoms with van der Waals surface area (Å²) >= 11 is 0. The van der Waals surface area contributed by atoms with Gasteiger partial charge in [0.1, 0.15) is 17.5 Å². The lowest BCUT2D eigenvalue weighted by Crippen LogP contribution is -2.41. The first-order valence-electron chi connectivity index (χ1n) is 11.1. The highest BCUT2D eigenvalue weighted by atomic mass is 16.5. The summed E-state index contributed by atoms with van der Waals surface area (Å²) in [6.07, 6.45) is 2.43. The Morgan fingerprint density at radius 3 is 2.72 bits per heavy atom. The Morgan fingerprint density at radius 2 is 2.03 bits per heavy atom. The second kappa shape index (κ2) is 14.1. The van der Waals surface area contributed by atoms with Gasteiger partial charge in [-0.1, -0.05) is 18.2 Å². The van der Waals surface area contributed by atoms with E-state index in [2.05, 4.69) is 38.7 Å². The fourth-order valence-corrected chi connectivity index (χ4v) is 3.28. The fourth-order valence-electron chi connectivity index (χ4n) is 3.28. The van der Waals surface area contributed by atoms with Crippen molar-refractivity contribution in [2.45, 2.75) is 26.2 Å². The Balaban J connectivity index is 1.87. The van der Waals surface area contributed by atoms with Gasteiger partial charge in [-0.15, -0.1) is 0 Å². The fraction of sp³-hybridized carbons (Fsp3) is 0.522. The van der Waals surface area contributed by atoms with E-state index in [1.807, 2.05) is 37.3 Å². The predicted octanol–water partition coefficient (Wildman–Crippen LogP) is 1.78. The molecule has 0 spiro atoms. The molecule has 0 saturated heterocycles. The average molecular weight is 441 g/mol. The molecule has 0 fully saturated rings. The molecule has 0 aliphatic rings. The molecule has 32 heavy (non-hydrogen) atoms. The third-order valence-electron chi connectivity index (χ3n) is 4.97. The molecular weight excluding hydrogens is 404 g/mol. The number of guanidine groups is 1. The Hall–Kier alpha value is -3.09. The van der Waals surface area contributed by atoms with Gasteiger partial charge in [0, 0.05) is 46.4 Å². The number of aromatic nitrogens is 2. The van der Waals surface area contributed by atoms with Gasteiger partial charge in [-0.3, -0.25) is 4.99 Å². The molecular formula is C23H36N8O. The van der Waals surface area contributed by atoms with Crippen LogP contribution in [0.3, 0.4) is 0 Å². The number of nitrogen functional groups attached to an aromatic ring is 1. The Bertz CT molecular complexity index is 872. The molecule has 0 aliphatic heterocycles. The molecule has 4 N–H and O–H groups in total. The monoisotopic (exact) mass is 440 g/mol. The summed E-state index contributed by atoms with van der Waals surface area (Å²) in [6, 6.07) is 11.8. The zero-order chi connectivity index (χ0) is 23.2. The number of nitrogens with two attached hydrogens (primary N) is 1. The zero-order valence-electron chi connectivity index (χ0n) is 19.5. The number of nitrogens with zero attached hydrogens (tertiary/aromatic N) is 5. The topological polar surface area (TPSA) is 117 Å². The molecule has 0 aliphatic carbocycles. The normalized spacial score (nSPS) is 11.5. The second-order valence-electron chi connectivity index (χ2n) is 7.51. The number of nitrogens with one attached hydrogen (secondary N) is 2. The summed E-state index contributed by atoms with van der Waals surface area (Å²) in [5.41, 5.74) is 8.17. The number of hydrogen-bond donors (Lipinski definition) is 3. The van der Waals surface area contributed by atoms with Crippen molar-refractivity contribution in [2.24, 2.45) is 4.99 Å². The maximum atomic E-state index is 9.54. The van der Waals surface area contributed by atoms with Crippen molar-refractivity contribution in [1.29, 1.82) is 5.26 Å². The van der Waals surface area contributed by atoms with Gasteiger partial charge < -0.3 is 26.0 Å². The predicted molar refractivity (Wildman–Crippen MR) is 129 cm³/mol. The van der Waals surface area contributed by atoms with Crippen LogP contribution in [0.1, 0.15) is 31.0 Å². The number of ether oxygens (including phenoxy) is 1. The number of aryl methyl sites for hydroxylation is 1. The summed E-state index contributed by atoms with van der Waals surface area (Å²) in [4.78, 5) is 6.92. The molecule has 9 heteroatoms. The van der Waals surface area contributed by atoms with E-state index in [9.17, 15) is 5.26 Å². The first-order valence-corrected chi connectivity index (χ1v) is 11.1. The number of benzene rings is 1. The first-order chi connectivity index (χ1) is 15.6. The van der Waals surface area contributed by atoms with Crippen LogP contribution in [0.2, 0.25) is 0 Å². The third kappa shape index (κ3) is 7.87. The molecule has 174 valence electrons. The van der Waals surface area contributed by atoms with Gasteiger partial charge in [-0.05, 0) is 45.4 Å². The zero-order valence-corrected chi connectivity index (χ0v) is 19.5. The lowest BCUT2D eigenvalue weighted by molar-refractivity contribution is 0.180. The van der Waals surface area contributed by atoms with Crippen LogP contribution in [0.15, 0.2) is 35.3 Å². The van der Waals surface area contributed by atoms with Crippen molar-refractivity contribution < 1.29 is 4.74 Å². The Morgan fingerprint density at radius 1 is 1.25 bits per heavy atom. The quantitative estimate of drug-likeness (QED) is 0.247. The number of likely N-dealkylation sites (N-methyl/N-ethyl adjacent to an activating group) is 1. The van der Waals surface area contributed by atoms with Crippen LogP contribution in [0.25, 0.3) is 5.69 Å². The summed E-state index contributed by atoms with van der Waals surface area (Å²) in [7, 11) is 3.83. The maximum absolute atomic E-state index is 9.54. The molecule has 1 aromatic heterocycles. The number of hydrogen-bond acceptors (Lipinski definition) is 6. The SMILES string of the molecule is CCNC(=NCCCc1nn(-c2ccccc2)c(N)c1C#N)NCCN(C)CCCOC. The molecule has 0 bridgehead atoms. The van der Waals surface area contributed by atoms with Gasteiger partial charge in [0.2, 0.25) is 0 Å². The number of methoxy groups -OCH3 is 1. The van der Waals surface area contributed by atoms with E-state index < -0.39 is 0 Å². The highest BCUT2D eigenvalue weighted by Crippen LogP contribution is 2.21. The summed E-state index contributed by atoms with van der Waals surface area (Å²) in [5.74, 6) is 1.18. The number of anilines is 1. The van der Waals surface area contributed by atoms with Crippen LogP contribution < -0.4 is 16.4 Å². The van der Waals surface area contributed by atoms with Crippen molar-refractivity contribution in [3.8, 4) is 11.8 Å². The lowest BCUT2D eigenvalue weighted by atomic mass is 10.1. The highest BCUT2D eigenvalue weighted by molar-refractivity contribution is 5.79. The first kappa shape index (κ1) is 25.2. The molecule has 0 atom stereocenters. The van der Waals surface area contributed by atoms with E-state index in [0.717, 1.165) is 57.3 Å². The molecule has 0 radical (unpaired) electrons. The van der Waals surface area contributed by atoms with Gasteiger partial charge in [0.05, 0.1) is 11.4 Å². The van der Waals surface area contributed by atoms with Crippen LogP contribution >= 0.6 is 0 Å². The van der Waals surface area contributed by atoms with Crippen molar-refractivity contribution in [2.75, 3.05) is 59.2 Å². The molecule has 9 nitrogen and oxygen atoms in total. The number of rotatable bonds is 13. The maximum Gasteiger partial charge on any atom is 0.191 e. The van der Waals surface area contributed by atoms with Crippen molar-refractivity contribution in [1.82, 2.24) is 25.3 Å². The highest BCUT2D eigenvalue weighted by Gasteiger charge is 2.16. The van der Waals surface area contributed by atoms with E-state index in [0.29, 0.717) is 30.0 Å². The van der Waals surface area contributed by atoms with Crippen molar-refractivity contribution in [3.05, 3.63) is 41.6 Å². The van der Waals surface area contributed by atoms with Gasteiger partial charge in [0.15, 0.2) is 5.96 Å². The minimum atomic E-state index is 0.377. The van der Waals surface area contributed by atoms with E-state index in [-0.39, 0.29) is 0 Å². The second-order valence-corrected chi connectivity index (χ2v) is 7.51. The van der Waals surface area contributed by atoms with Crippen LogP contribution in [0.4, 0.5) is 5.82 Å². The molecule has 1 aromatic carbocycles. The van der Waals surface area contributed by atoms with E-state index in [4.69, 9.17) is 10.5 Å². The van der Waals surface area contributed by atoms with E-state index in [1.165, 1.54) is 0 Å². The molecule has 0 amide bonds. The van der Waals surface area contributed by atoms with Gasteiger partial charge in [-0.2, -0.15) is 10.4 Å². The van der Waals surface area contributed by atoms with Gasteiger partial charge >= 0.3 is 0 Å².